The largest absolute Gasteiger partial charge is 0.497 e. The van der Waals surface area contributed by atoms with Crippen LogP contribution in [0.4, 0.5) is 0 Å². The first kappa shape index (κ1) is 22.4. The van der Waals surface area contributed by atoms with Gasteiger partial charge in [-0.1, -0.05) is 29.8 Å². The zero-order valence-electron chi connectivity index (χ0n) is 18.4. The second kappa shape index (κ2) is 11.8. The smallest absolute Gasteiger partial charge is 0.226 e. The summed E-state index contributed by atoms with van der Waals surface area (Å²) < 4.78 is 16.5. The summed E-state index contributed by atoms with van der Waals surface area (Å²) in [5.74, 6) is 2.19. The van der Waals surface area contributed by atoms with Crippen molar-refractivity contribution in [2.45, 2.75) is 26.5 Å². The summed E-state index contributed by atoms with van der Waals surface area (Å²) in [4.78, 5) is 8.78. The lowest BCUT2D eigenvalue weighted by Crippen LogP contribution is -2.37. The number of benzene rings is 2. The van der Waals surface area contributed by atoms with Crippen LogP contribution in [0.15, 0.2) is 64.2 Å². The molecule has 0 aliphatic rings. The molecule has 0 aliphatic carbocycles. The predicted molar refractivity (Wildman–Crippen MR) is 122 cm³/mol. The van der Waals surface area contributed by atoms with Crippen molar-refractivity contribution in [2.75, 3.05) is 27.3 Å². The summed E-state index contributed by atoms with van der Waals surface area (Å²) in [5.41, 5.74) is 4.12. The monoisotopic (exact) mass is 422 g/mol. The Labute approximate surface area is 183 Å². The number of oxazole rings is 1. The minimum atomic E-state index is 0.531. The number of methoxy groups -OCH3 is 1. The molecule has 3 rings (SSSR count). The van der Waals surface area contributed by atoms with Crippen molar-refractivity contribution < 1.29 is 13.9 Å². The van der Waals surface area contributed by atoms with Crippen LogP contribution < -0.4 is 15.4 Å². The van der Waals surface area contributed by atoms with Gasteiger partial charge in [0.25, 0.3) is 0 Å². The van der Waals surface area contributed by atoms with Gasteiger partial charge in [-0.2, -0.15) is 0 Å². The zero-order chi connectivity index (χ0) is 21.9. The molecule has 2 aromatic carbocycles. The first-order valence-electron chi connectivity index (χ1n) is 10.3. The van der Waals surface area contributed by atoms with Crippen LogP contribution in [0.5, 0.6) is 5.75 Å². The Balaban J connectivity index is 1.33. The van der Waals surface area contributed by atoms with E-state index in [0.29, 0.717) is 25.6 Å². The highest BCUT2D eigenvalue weighted by molar-refractivity contribution is 5.79. The number of guanidine groups is 1. The molecule has 7 heteroatoms. The minimum Gasteiger partial charge on any atom is -0.497 e. The predicted octanol–water partition coefficient (Wildman–Crippen LogP) is 3.93. The first-order chi connectivity index (χ1) is 15.2. The van der Waals surface area contributed by atoms with Crippen LogP contribution in [0.2, 0.25) is 0 Å². The molecule has 0 radical (unpaired) electrons. The summed E-state index contributed by atoms with van der Waals surface area (Å²) in [6.07, 6.45) is 2.54. The third kappa shape index (κ3) is 7.15. The zero-order valence-corrected chi connectivity index (χ0v) is 18.4. The molecule has 1 heterocycles. The van der Waals surface area contributed by atoms with Gasteiger partial charge in [-0.3, -0.25) is 4.99 Å². The maximum absolute atomic E-state index is 5.73. The lowest BCUT2D eigenvalue weighted by atomic mass is 10.1. The summed E-state index contributed by atoms with van der Waals surface area (Å²) in [6.45, 7) is 4.60. The van der Waals surface area contributed by atoms with E-state index >= 15 is 0 Å². The Bertz CT molecular complexity index is 950. The number of aryl methyl sites for hydroxylation is 1. The number of rotatable bonds is 10. The number of nitrogens with zero attached hydrogens (tertiary/aromatic N) is 2. The molecule has 0 saturated heterocycles. The second-order valence-corrected chi connectivity index (χ2v) is 7.12. The summed E-state index contributed by atoms with van der Waals surface area (Å²) >= 11 is 0. The molecule has 0 saturated carbocycles. The highest BCUT2D eigenvalue weighted by Gasteiger charge is 2.07. The van der Waals surface area contributed by atoms with E-state index in [1.807, 2.05) is 48.5 Å². The molecule has 0 unspecified atom stereocenters. The van der Waals surface area contributed by atoms with Crippen LogP contribution >= 0.6 is 0 Å². The third-order valence-electron chi connectivity index (χ3n) is 4.70. The minimum absolute atomic E-state index is 0.531. The molecule has 31 heavy (non-hydrogen) atoms. The molecule has 0 bridgehead atoms. The summed E-state index contributed by atoms with van der Waals surface area (Å²) in [6, 6.07) is 16.0. The highest BCUT2D eigenvalue weighted by Crippen LogP contribution is 2.19. The van der Waals surface area contributed by atoms with Gasteiger partial charge < -0.3 is 24.5 Å². The average molecular weight is 423 g/mol. The third-order valence-corrected chi connectivity index (χ3v) is 4.70. The molecule has 0 atom stereocenters. The quantitative estimate of drug-likeness (QED) is 0.293. The molecule has 3 aromatic rings. The lowest BCUT2D eigenvalue weighted by molar-refractivity contribution is 0.119. The fourth-order valence-electron chi connectivity index (χ4n) is 2.90. The molecule has 7 nitrogen and oxygen atoms in total. The molecule has 0 amide bonds. The number of aromatic nitrogens is 1. The Morgan fingerprint density at radius 1 is 1.06 bits per heavy atom. The molecular weight excluding hydrogens is 392 g/mol. The summed E-state index contributed by atoms with van der Waals surface area (Å²) in [5, 5.41) is 6.53. The maximum atomic E-state index is 5.73. The standard InChI is InChI=1S/C24H30N4O3/c1-18-5-9-20(10-6-18)23-28-21(17-31-23)15-27-24(25-2)26-13-4-14-30-16-19-7-11-22(29-3)12-8-19/h5-12,17H,4,13-16H2,1-3H3,(H2,25,26,27). The van der Waals surface area contributed by atoms with Crippen LogP contribution in [0.25, 0.3) is 11.5 Å². The average Bonchev–Trinajstić information content (AvgIpc) is 3.28. The van der Waals surface area contributed by atoms with Crippen LogP contribution in [0, 0.1) is 6.92 Å². The van der Waals surface area contributed by atoms with Crippen molar-refractivity contribution in [1.82, 2.24) is 15.6 Å². The van der Waals surface area contributed by atoms with Gasteiger partial charge >= 0.3 is 0 Å². The fourth-order valence-corrected chi connectivity index (χ4v) is 2.90. The van der Waals surface area contributed by atoms with E-state index in [0.717, 1.165) is 41.5 Å². The Morgan fingerprint density at radius 2 is 1.84 bits per heavy atom. The van der Waals surface area contributed by atoms with Gasteiger partial charge in [0.1, 0.15) is 12.0 Å². The Hall–Kier alpha value is -3.32. The van der Waals surface area contributed by atoms with Gasteiger partial charge in [-0.15, -0.1) is 0 Å². The van der Waals surface area contributed by atoms with E-state index in [1.54, 1.807) is 20.4 Å². The van der Waals surface area contributed by atoms with Gasteiger partial charge in [0.05, 0.1) is 26.0 Å². The van der Waals surface area contributed by atoms with Crippen LogP contribution in [0.3, 0.4) is 0 Å². The molecule has 1 aromatic heterocycles. The second-order valence-electron chi connectivity index (χ2n) is 7.12. The van der Waals surface area contributed by atoms with E-state index in [4.69, 9.17) is 13.9 Å². The van der Waals surface area contributed by atoms with E-state index in [1.165, 1.54) is 5.56 Å². The van der Waals surface area contributed by atoms with Gasteiger partial charge in [0.2, 0.25) is 5.89 Å². The maximum Gasteiger partial charge on any atom is 0.226 e. The number of hydrogen-bond donors (Lipinski definition) is 2. The van der Waals surface area contributed by atoms with Crippen LogP contribution in [0.1, 0.15) is 23.2 Å². The number of hydrogen-bond acceptors (Lipinski definition) is 5. The fraction of sp³-hybridized carbons (Fsp3) is 0.333. The molecule has 164 valence electrons. The normalized spacial score (nSPS) is 11.4. The first-order valence-corrected chi connectivity index (χ1v) is 10.3. The molecule has 2 N–H and O–H groups in total. The number of ether oxygens (including phenoxy) is 2. The number of aliphatic imine (C=N–C) groups is 1. The van der Waals surface area contributed by atoms with Crippen LogP contribution in [-0.4, -0.2) is 38.3 Å². The van der Waals surface area contributed by atoms with Crippen molar-refractivity contribution >= 4 is 5.96 Å². The van der Waals surface area contributed by atoms with Gasteiger partial charge in [-0.05, 0) is 43.2 Å². The van der Waals surface area contributed by atoms with E-state index in [9.17, 15) is 0 Å². The number of nitrogens with one attached hydrogen (secondary N) is 2. The van der Waals surface area contributed by atoms with E-state index in [2.05, 4.69) is 27.5 Å². The lowest BCUT2D eigenvalue weighted by Gasteiger charge is -2.11. The van der Waals surface area contributed by atoms with Crippen LogP contribution in [-0.2, 0) is 17.9 Å². The van der Waals surface area contributed by atoms with Crippen molar-refractivity contribution in [3.8, 4) is 17.2 Å². The Morgan fingerprint density at radius 3 is 2.55 bits per heavy atom. The van der Waals surface area contributed by atoms with Gasteiger partial charge in [-0.25, -0.2) is 4.98 Å². The summed E-state index contributed by atoms with van der Waals surface area (Å²) in [7, 11) is 3.41. The van der Waals surface area contributed by atoms with E-state index < -0.39 is 0 Å². The highest BCUT2D eigenvalue weighted by atomic mass is 16.5. The molecule has 0 spiro atoms. The molecular formula is C24H30N4O3. The van der Waals surface area contributed by atoms with Crippen molar-refractivity contribution in [1.29, 1.82) is 0 Å². The Kier molecular flexibility index (Phi) is 8.48. The van der Waals surface area contributed by atoms with Gasteiger partial charge in [0.15, 0.2) is 5.96 Å². The molecule has 0 aliphatic heterocycles. The SMILES string of the molecule is CN=C(NCCCOCc1ccc(OC)cc1)NCc1coc(-c2ccc(C)cc2)n1. The van der Waals surface area contributed by atoms with Crippen molar-refractivity contribution in [2.24, 2.45) is 4.99 Å². The van der Waals surface area contributed by atoms with Crippen molar-refractivity contribution in [3.63, 3.8) is 0 Å². The van der Waals surface area contributed by atoms with E-state index in [-0.39, 0.29) is 0 Å². The molecule has 0 fully saturated rings. The van der Waals surface area contributed by atoms with Gasteiger partial charge in [0, 0.05) is 25.8 Å². The topological polar surface area (TPSA) is 80.9 Å². The van der Waals surface area contributed by atoms with Crippen molar-refractivity contribution in [3.05, 3.63) is 71.6 Å².